The molecule has 0 spiro atoms. The van der Waals surface area contributed by atoms with Crippen LogP contribution in [0.2, 0.25) is 0 Å². The molecule has 224 valence electrons. The Balaban J connectivity index is 0.00000308. The Bertz CT molecular complexity index is 1400. The number of rotatable bonds is 12. The third-order valence-corrected chi connectivity index (χ3v) is 6.94. The van der Waals surface area contributed by atoms with Crippen molar-refractivity contribution in [3.63, 3.8) is 0 Å². The Labute approximate surface area is 262 Å². The third-order valence-electron chi connectivity index (χ3n) is 6.94. The monoisotopic (exact) mass is 608 g/mol. The van der Waals surface area contributed by atoms with E-state index in [0.717, 1.165) is 57.4 Å². The van der Waals surface area contributed by atoms with Crippen LogP contribution in [0.25, 0.3) is 10.8 Å². The summed E-state index contributed by atoms with van der Waals surface area (Å²) in [5.41, 5.74) is 16.3. The van der Waals surface area contributed by atoms with Crippen LogP contribution in [0.5, 0.6) is 11.5 Å². The standard InChI is InChI=1S/C34H40N4O2.2ClH/c1-5-23(3)37-33(35)28-11-7-9-25(17-28)21-39-31-15-13-27-14-16-32(20-30(27)19-31)40-22-26-10-8-12-29(18-26)34(36)38-24(4)6-2;;/h7-20,23-24H,5-6,21-22H2,1-4H3,(H2,35,37)(H2,36,38);2*1H. The number of amidine groups is 2. The second kappa shape index (κ2) is 16.6. The SMILES string of the molecule is CCC(C)N=C(N)c1cccc(COc2ccc3ccc(OCc4cccc(C(N)=NC(C)CC)c4)cc3c2)c1.Cl.Cl. The summed E-state index contributed by atoms with van der Waals surface area (Å²) >= 11 is 0. The maximum absolute atomic E-state index is 6.22. The number of fused-ring (bicyclic) bond motifs is 1. The van der Waals surface area contributed by atoms with Crippen LogP contribution in [-0.2, 0) is 13.2 Å². The van der Waals surface area contributed by atoms with Gasteiger partial charge in [0.25, 0.3) is 0 Å². The van der Waals surface area contributed by atoms with Crippen LogP contribution in [0.3, 0.4) is 0 Å². The van der Waals surface area contributed by atoms with E-state index in [0.29, 0.717) is 24.9 Å². The predicted molar refractivity (Wildman–Crippen MR) is 181 cm³/mol. The lowest BCUT2D eigenvalue weighted by Gasteiger charge is -2.11. The highest BCUT2D eigenvalue weighted by molar-refractivity contribution is 5.98. The Hall–Kier alpha value is -3.74. The molecule has 0 radical (unpaired) electrons. The molecule has 0 aromatic heterocycles. The minimum Gasteiger partial charge on any atom is -0.489 e. The largest absolute Gasteiger partial charge is 0.489 e. The fourth-order valence-corrected chi connectivity index (χ4v) is 4.16. The van der Waals surface area contributed by atoms with Crippen molar-refractivity contribution < 1.29 is 9.47 Å². The number of nitrogens with two attached hydrogens (primary N) is 2. The van der Waals surface area contributed by atoms with E-state index in [4.69, 9.17) is 20.9 Å². The summed E-state index contributed by atoms with van der Waals surface area (Å²) < 4.78 is 12.3. The van der Waals surface area contributed by atoms with E-state index in [1.165, 1.54) is 0 Å². The van der Waals surface area contributed by atoms with E-state index < -0.39 is 0 Å². The van der Waals surface area contributed by atoms with Gasteiger partial charge < -0.3 is 20.9 Å². The number of benzene rings is 4. The predicted octanol–water partition coefficient (Wildman–Crippen LogP) is 7.85. The van der Waals surface area contributed by atoms with Crippen LogP contribution in [-0.4, -0.2) is 23.8 Å². The summed E-state index contributed by atoms with van der Waals surface area (Å²) in [7, 11) is 0. The average Bonchev–Trinajstić information content (AvgIpc) is 2.98. The summed E-state index contributed by atoms with van der Waals surface area (Å²) in [6.07, 6.45) is 1.91. The van der Waals surface area contributed by atoms with Gasteiger partial charge in [-0.1, -0.05) is 62.4 Å². The van der Waals surface area contributed by atoms with Crippen molar-refractivity contribution >= 4 is 47.3 Å². The minimum absolute atomic E-state index is 0. The molecule has 0 saturated heterocycles. The number of halogens is 2. The maximum atomic E-state index is 6.22. The van der Waals surface area contributed by atoms with E-state index in [2.05, 4.69) is 49.8 Å². The molecule has 0 amide bonds. The molecule has 0 bridgehead atoms. The molecule has 4 N–H and O–H groups in total. The molecule has 4 rings (SSSR count). The van der Waals surface area contributed by atoms with E-state index in [-0.39, 0.29) is 36.9 Å². The van der Waals surface area contributed by atoms with Gasteiger partial charge in [0, 0.05) is 23.2 Å². The molecular formula is C34H42Cl2N4O2. The van der Waals surface area contributed by atoms with Gasteiger partial charge in [0.2, 0.25) is 0 Å². The van der Waals surface area contributed by atoms with E-state index in [1.807, 2.05) is 72.8 Å². The Morgan fingerprint density at radius 2 is 1.05 bits per heavy atom. The molecule has 2 unspecified atom stereocenters. The zero-order chi connectivity index (χ0) is 28.5. The summed E-state index contributed by atoms with van der Waals surface area (Å²) in [6.45, 7) is 9.21. The van der Waals surface area contributed by atoms with Gasteiger partial charge in [-0.25, -0.2) is 0 Å². The van der Waals surface area contributed by atoms with Gasteiger partial charge >= 0.3 is 0 Å². The van der Waals surface area contributed by atoms with Gasteiger partial charge in [-0.2, -0.15) is 0 Å². The normalized spacial score (nSPS) is 13.0. The molecule has 0 fully saturated rings. The van der Waals surface area contributed by atoms with Crippen molar-refractivity contribution in [3.8, 4) is 11.5 Å². The van der Waals surface area contributed by atoms with Crippen LogP contribution < -0.4 is 20.9 Å². The minimum atomic E-state index is 0. The highest BCUT2D eigenvalue weighted by Gasteiger charge is 2.07. The van der Waals surface area contributed by atoms with Crippen molar-refractivity contribution in [1.82, 2.24) is 0 Å². The Morgan fingerprint density at radius 3 is 1.45 bits per heavy atom. The summed E-state index contributed by atoms with van der Waals surface area (Å²) in [4.78, 5) is 9.12. The second-order valence-electron chi connectivity index (χ2n) is 10.2. The van der Waals surface area contributed by atoms with Gasteiger partial charge in [0.15, 0.2) is 0 Å². The molecular weight excluding hydrogens is 567 g/mol. The zero-order valence-electron chi connectivity index (χ0n) is 24.7. The molecule has 2 atom stereocenters. The molecule has 0 aliphatic heterocycles. The van der Waals surface area contributed by atoms with Gasteiger partial charge in [-0.3, -0.25) is 9.98 Å². The first-order valence-corrected chi connectivity index (χ1v) is 14.0. The lowest BCUT2D eigenvalue weighted by molar-refractivity contribution is 0.305. The molecule has 4 aromatic carbocycles. The molecule has 0 aliphatic rings. The second-order valence-corrected chi connectivity index (χ2v) is 10.2. The first-order valence-electron chi connectivity index (χ1n) is 14.0. The lowest BCUT2D eigenvalue weighted by atomic mass is 10.1. The highest BCUT2D eigenvalue weighted by atomic mass is 35.5. The van der Waals surface area contributed by atoms with Crippen molar-refractivity contribution in [3.05, 3.63) is 107 Å². The van der Waals surface area contributed by atoms with Gasteiger partial charge in [-0.05, 0) is 85.0 Å². The summed E-state index contributed by atoms with van der Waals surface area (Å²) in [6, 6.07) is 28.6. The lowest BCUT2D eigenvalue weighted by Crippen LogP contribution is -2.16. The molecule has 42 heavy (non-hydrogen) atoms. The van der Waals surface area contributed by atoms with Crippen molar-refractivity contribution in [1.29, 1.82) is 0 Å². The van der Waals surface area contributed by atoms with Crippen LogP contribution in [0.15, 0.2) is 94.9 Å². The van der Waals surface area contributed by atoms with Crippen LogP contribution in [0.4, 0.5) is 0 Å². The van der Waals surface area contributed by atoms with Crippen LogP contribution in [0.1, 0.15) is 62.8 Å². The number of aliphatic imine (C=N–C) groups is 2. The van der Waals surface area contributed by atoms with E-state index >= 15 is 0 Å². The van der Waals surface area contributed by atoms with E-state index in [9.17, 15) is 0 Å². The zero-order valence-corrected chi connectivity index (χ0v) is 26.4. The molecule has 0 heterocycles. The number of nitrogens with zero attached hydrogens (tertiary/aromatic N) is 2. The molecule has 4 aromatic rings. The maximum Gasteiger partial charge on any atom is 0.125 e. The molecule has 8 heteroatoms. The molecule has 6 nitrogen and oxygen atoms in total. The topological polar surface area (TPSA) is 95.2 Å². The quantitative estimate of drug-likeness (QED) is 0.126. The Kier molecular flexibility index (Phi) is 13.7. The average molecular weight is 610 g/mol. The summed E-state index contributed by atoms with van der Waals surface area (Å²) in [5, 5.41) is 2.17. The van der Waals surface area contributed by atoms with Gasteiger partial charge in [0.05, 0.1) is 0 Å². The highest BCUT2D eigenvalue weighted by Crippen LogP contribution is 2.26. The van der Waals surface area contributed by atoms with Crippen molar-refractivity contribution in [2.75, 3.05) is 0 Å². The Morgan fingerprint density at radius 1 is 0.619 bits per heavy atom. The summed E-state index contributed by atoms with van der Waals surface area (Å²) in [5.74, 6) is 2.70. The first kappa shape index (κ1) is 34.5. The number of hydrogen-bond donors (Lipinski definition) is 2. The van der Waals surface area contributed by atoms with Crippen LogP contribution >= 0.6 is 24.8 Å². The molecule has 0 saturated carbocycles. The van der Waals surface area contributed by atoms with Crippen molar-refractivity contribution in [2.45, 2.75) is 65.8 Å². The fourth-order valence-electron chi connectivity index (χ4n) is 4.16. The first-order chi connectivity index (χ1) is 19.3. The number of ether oxygens (including phenoxy) is 2. The van der Waals surface area contributed by atoms with E-state index in [1.54, 1.807) is 0 Å². The van der Waals surface area contributed by atoms with Gasteiger partial charge in [-0.15, -0.1) is 24.8 Å². The third kappa shape index (κ3) is 9.68. The van der Waals surface area contributed by atoms with Crippen LogP contribution in [0, 0.1) is 0 Å². The van der Waals surface area contributed by atoms with Crippen molar-refractivity contribution in [2.24, 2.45) is 21.5 Å². The smallest absolute Gasteiger partial charge is 0.125 e. The number of hydrogen-bond acceptors (Lipinski definition) is 4. The van der Waals surface area contributed by atoms with Gasteiger partial charge in [0.1, 0.15) is 36.4 Å². The fraction of sp³-hybridized carbons (Fsp3) is 0.294. The molecule has 0 aliphatic carbocycles.